The molecule has 4 amide bonds. The summed E-state index contributed by atoms with van der Waals surface area (Å²) in [5.74, 6) is -3.59. The summed E-state index contributed by atoms with van der Waals surface area (Å²) in [5, 5.41) is 10.1. The first-order valence-electron chi connectivity index (χ1n) is 15.5. The zero-order valence-electron chi connectivity index (χ0n) is 25.6. The van der Waals surface area contributed by atoms with E-state index in [0.29, 0.717) is 23.5 Å². The fraction of sp³-hybridized carbons (Fsp3) is 0.263. The second-order valence-corrected chi connectivity index (χ2v) is 12.6. The fourth-order valence-corrected chi connectivity index (χ4v) is 8.06. The number of allylic oxidation sites excluding steroid dienone is 3. The molecule has 1 saturated carbocycles. The van der Waals surface area contributed by atoms with E-state index in [9.17, 15) is 24.3 Å². The Morgan fingerprint density at radius 3 is 2.26 bits per heavy atom. The Hall–Kier alpha value is -5.24. The molecule has 0 spiro atoms. The molecule has 2 heterocycles. The van der Waals surface area contributed by atoms with Gasteiger partial charge in [-0.25, -0.2) is 4.90 Å². The highest BCUT2D eigenvalue weighted by molar-refractivity contribution is 6.25. The number of rotatable bonds is 6. The molecule has 6 unspecified atom stereocenters. The molecule has 3 aromatic rings. The van der Waals surface area contributed by atoms with Crippen LogP contribution in [-0.2, 0) is 19.2 Å². The largest absolute Gasteiger partial charge is 0.504 e. The Labute approximate surface area is 267 Å². The molecule has 7 rings (SSSR count). The molecule has 3 aromatic carbocycles. The van der Waals surface area contributed by atoms with Crippen LogP contribution in [0.5, 0.6) is 11.5 Å². The maximum absolute atomic E-state index is 14.4. The summed E-state index contributed by atoms with van der Waals surface area (Å²) in [5.41, 5.74) is 2.43. The normalized spacial score (nSPS) is 28.7. The number of fused-ring (bicyclic) bond motifs is 4. The SMILES string of the molecule is C=Cc1ccc(N2C(=O)C3CC=C4C(CC5C(=O)N(c6ccccc6)C(=O)C5(C)C4C=Cc4ccc(O)c(OC)c4)C3C2=O)cc1. The lowest BCUT2D eigenvalue weighted by Gasteiger charge is -2.47. The maximum Gasteiger partial charge on any atom is 0.241 e. The van der Waals surface area contributed by atoms with Crippen LogP contribution in [0, 0.1) is 35.0 Å². The lowest BCUT2D eigenvalue weighted by atomic mass is 9.52. The van der Waals surface area contributed by atoms with Crippen LogP contribution < -0.4 is 14.5 Å². The number of ether oxygens (including phenoxy) is 1. The molecule has 3 fully saturated rings. The van der Waals surface area contributed by atoms with Crippen molar-refractivity contribution in [2.45, 2.75) is 19.8 Å². The molecule has 0 radical (unpaired) electrons. The van der Waals surface area contributed by atoms with Gasteiger partial charge in [-0.05, 0) is 73.2 Å². The number of phenols is 1. The lowest BCUT2D eigenvalue weighted by Crippen LogP contribution is -2.49. The third kappa shape index (κ3) is 4.27. The number of benzene rings is 3. The number of anilines is 2. The molecule has 46 heavy (non-hydrogen) atoms. The van der Waals surface area contributed by atoms with Crippen LogP contribution in [0.3, 0.4) is 0 Å². The van der Waals surface area contributed by atoms with Gasteiger partial charge in [0.05, 0.1) is 41.7 Å². The van der Waals surface area contributed by atoms with Crippen molar-refractivity contribution in [3.8, 4) is 11.5 Å². The average Bonchev–Trinajstić information content (AvgIpc) is 3.44. The van der Waals surface area contributed by atoms with Gasteiger partial charge in [-0.15, -0.1) is 0 Å². The highest BCUT2D eigenvalue weighted by Crippen LogP contribution is 2.61. The van der Waals surface area contributed by atoms with Crippen molar-refractivity contribution in [1.82, 2.24) is 0 Å². The number of amides is 4. The summed E-state index contributed by atoms with van der Waals surface area (Å²) in [6.07, 6.45) is 8.18. The summed E-state index contributed by atoms with van der Waals surface area (Å²) in [6.45, 7) is 5.63. The topological polar surface area (TPSA) is 104 Å². The quantitative estimate of drug-likeness (QED) is 0.269. The van der Waals surface area contributed by atoms with Crippen molar-refractivity contribution in [3.63, 3.8) is 0 Å². The summed E-state index contributed by atoms with van der Waals surface area (Å²) >= 11 is 0. The number of hydrogen-bond acceptors (Lipinski definition) is 6. The van der Waals surface area contributed by atoms with Crippen molar-refractivity contribution in [2.75, 3.05) is 16.9 Å². The van der Waals surface area contributed by atoms with Crippen molar-refractivity contribution in [1.29, 1.82) is 0 Å². The van der Waals surface area contributed by atoms with E-state index in [2.05, 4.69) is 6.58 Å². The molecule has 6 atom stereocenters. The van der Waals surface area contributed by atoms with Crippen molar-refractivity contribution < 1.29 is 29.0 Å². The smallest absolute Gasteiger partial charge is 0.241 e. The first-order valence-corrected chi connectivity index (χ1v) is 15.5. The number of aromatic hydroxyl groups is 1. The third-order valence-corrected chi connectivity index (χ3v) is 10.4. The van der Waals surface area contributed by atoms with E-state index in [4.69, 9.17) is 4.74 Å². The Bertz CT molecular complexity index is 1840. The van der Waals surface area contributed by atoms with Gasteiger partial charge in [0.2, 0.25) is 23.6 Å². The van der Waals surface area contributed by atoms with Crippen LogP contribution in [0.1, 0.15) is 30.9 Å². The number of nitrogens with zero attached hydrogens (tertiary/aromatic N) is 2. The summed E-state index contributed by atoms with van der Waals surface area (Å²) in [4.78, 5) is 59.2. The molecule has 8 nitrogen and oxygen atoms in total. The second-order valence-electron chi connectivity index (χ2n) is 12.6. The third-order valence-electron chi connectivity index (χ3n) is 10.4. The number of phenolic OH excluding ortho intramolecular Hbond substituents is 1. The zero-order chi connectivity index (χ0) is 32.3. The Morgan fingerprint density at radius 1 is 0.870 bits per heavy atom. The molecule has 1 N–H and O–H groups in total. The standard InChI is InChI=1S/C38H34N2O6/c1-4-22-10-14-25(15-11-22)39-34(42)27-17-16-26-28(33(27)36(39)44)21-30-35(43)40(24-8-6-5-7-9-24)37(45)38(30,2)29(26)18-12-23-13-19-31(41)32(20-23)46-3/h4-16,18-20,27-30,33,41H,1,17,21H2,2-3H3. The Morgan fingerprint density at radius 2 is 1.57 bits per heavy atom. The molecule has 4 aliphatic rings. The number of para-hydroxylation sites is 1. The van der Waals surface area contributed by atoms with E-state index < -0.39 is 35.0 Å². The van der Waals surface area contributed by atoms with Gasteiger partial charge < -0.3 is 9.84 Å². The fourth-order valence-electron chi connectivity index (χ4n) is 8.06. The van der Waals surface area contributed by atoms with Crippen molar-refractivity contribution >= 4 is 47.2 Å². The zero-order valence-corrected chi connectivity index (χ0v) is 25.6. The highest BCUT2D eigenvalue weighted by atomic mass is 16.5. The summed E-state index contributed by atoms with van der Waals surface area (Å²) < 4.78 is 5.30. The Balaban J connectivity index is 1.32. The lowest BCUT2D eigenvalue weighted by molar-refractivity contribution is -0.132. The summed E-state index contributed by atoms with van der Waals surface area (Å²) in [7, 11) is 1.47. The minimum Gasteiger partial charge on any atom is -0.504 e. The molecule has 2 aliphatic heterocycles. The predicted octanol–water partition coefficient (Wildman–Crippen LogP) is 6.02. The van der Waals surface area contributed by atoms with Crippen LogP contribution in [-0.4, -0.2) is 35.8 Å². The van der Waals surface area contributed by atoms with E-state index in [1.54, 1.807) is 54.6 Å². The van der Waals surface area contributed by atoms with E-state index >= 15 is 0 Å². The number of imide groups is 2. The summed E-state index contributed by atoms with van der Waals surface area (Å²) in [6, 6.07) is 21.1. The van der Waals surface area contributed by atoms with Crippen LogP contribution in [0.4, 0.5) is 11.4 Å². The van der Waals surface area contributed by atoms with Gasteiger partial charge >= 0.3 is 0 Å². The van der Waals surface area contributed by atoms with Gasteiger partial charge in [0.25, 0.3) is 0 Å². The molecule has 0 bridgehead atoms. The number of hydrogen-bond donors (Lipinski definition) is 1. The molecule has 232 valence electrons. The maximum atomic E-state index is 14.4. The molecular weight excluding hydrogens is 580 g/mol. The highest BCUT2D eigenvalue weighted by Gasteiger charge is 2.66. The van der Waals surface area contributed by atoms with Crippen molar-refractivity contribution in [3.05, 3.63) is 108 Å². The van der Waals surface area contributed by atoms with Gasteiger partial charge in [-0.1, -0.05) is 72.9 Å². The van der Waals surface area contributed by atoms with Crippen molar-refractivity contribution in [2.24, 2.45) is 35.0 Å². The average molecular weight is 615 g/mol. The van der Waals surface area contributed by atoms with Gasteiger partial charge in [-0.2, -0.15) is 0 Å². The minimum absolute atomic E-state index is 0.00797. The van der Waals surface area contributed by atoms with E-state index in [1.165, 1.54) is 23.0 Å². The van der Waals surface area contributed by atoms with Gasteiger partial charge in [0, 0.05) is 5.92 Å². The molecule has 8 heteroatoms. The first-order chi connectivity index (χ1) is 22.2. The monoisotopic (exact) mass is 614 g/mol. The van der Waals surface area contributed by atoms with Crippen LogP contribution >= 0.6 is 0 Å². The van der Waals surface area contributed by atoms with Crippen LogP contribution in [0.2, 0.25) is 0 Å². The predicted molar refractivity (Wildman–Crippen MR) is 175 cm³/mol. The minimum atomic E-state index is -1.12. The Kier molecular flexibility index (Phi) is 7.03. The molecule has 2 aliphatic carbocycles. The van der Waals surface area contributed by atoms with Crippen LogP contribution in [0.15, 0.2) is 97.1 Å². The van der Waals surface area contributed by atoms with E-state index in [1.807, 2.05) is 43.4 Å². The number of carbonyl (C=O) groups is 4. The van der Waals surface area contributed by atoms with Gasteiger partial charge in [0.1, 0.15) is 0 Å². The van der Waals surface area contributed by atoms with Gasteiger partial charge in [0.15, 0.2) is 11.5 Å². The molecule has 2 saturated heterocycles. The molecular formula is C38H34N2O6. The van der Waals surface area contributed by atoms with E-state index in [0.717, 1.165) is 16.7 Å². The number of methoxy groups -OCH3 is 1. The molecule has 0 aromatic heterocycles. The second kappa shape index (κ2) is 11.0. The number of carbonyl (C=O) groups excluding carboxylic acids is 4. The van der Waals surface area contributed by atoms with E-state index in [-0.39, 0.29) is 35.8 Å². The van der Waals surface area contributed by atoms with Gasteiger partial charge in [-0.3, -0.25) is 24.1 Å². The van der Waals surface area contributed by atoms with Crippen LogP contribution in [0.25, 0.3) is 12.2 Å². The first kappa shape index (κ1) is 29.5.